The largest absolute Gasteiger partial charge is 0.508 e. The number of benzene rings is 2. The summed E-state index contributed by atoms with van der Waals surface area (Å²) in [5, 5.41) is 14.3. The standard InChI is InChI=1S/C27H28ClN3O3S/c1-3-5-18-12-21-23(14-22(18)32)34-24(25(26(21)33)27-29-17(2)16-35-27)15-30-8-10-31(11-9-30)20-7-4-6-19(28)13-20/h4,6-7,12-14,16,32H,3,5,8-11,15H2,1-2H3. The van der Waals surface area contributed by atoms with E-state index in [2.05, 4.69) is 20.9 Å². The summed E-state index contributed by atoms with van der Waals surface area (Å²) in [5.74, 6) is 0.761. The number of nitrogens with zero attached hydrogens (tertiary/aromatic N) is 3. The quantitative estimate of drug-likeness (QED) is 0.351. The predicted molar refractivity (Wildman–Crippen MR) is 143 cm³/mol. The van der Waals surface area contributed by atoms with Crippen LogP contribution in [0.5, 0.6) is 5.75 Å². The van der Waals surface area contributed by atoms with Crippen LogP contribution in [0.4, 0.5) is 5.69 Å². The van der Waals surface area contributed by atoms with E-state index >= 15 is 0 Å². The van der Waals surface area contributed by atoms with Gasteiger partial charge >= 0.3 is 0 Å². The molecule has 182 valence electrons. The number of hydrogen-bond donors (Lipinski definition) is 1. The van der Waals surface area contributed by atoms with Gasteiger partial charge in [0.2, 0.25) is 5.43 Å². The monoisotopic (exact) mass is 509 g/mol. The van der Waals surface area contributed by atoms with E-state index < -0.39 is 0 Å². The van der Waals surface area contributed by atoms with Crippen molar-refractivity contribution < 1.29 is 9.52 Å². The summed E-state index contributed by atoms with van der Waals surface area (Å²) < 4.78 is 6.32. The van der Waals surface area contributed by atoms with Crippen LogP contribution in [0.25, 0.3) is 21.5 Å². The van der Waals surface area contributed by atoms with Crippen LogP contribution in [0.3, 0.4) is 0 Å². The Morgan fingerprint density at radius 3 is 2.66 bits per heavy atom. The third-order valence-electron chi connectivity index (χ3n) is 6.43. The molecule has 2 aromatic carbocycles. The van der Waals surface area contributed by atoms with E-state index in [1.165, 1.54) is 11.3 Å². The minimum atomic E-state index is -0.0921. The summed E-state index contributed by atoms with van der Waals surface area (Å²) in [4.78, 5) is 22.9. The molecule has 1 aliphatic heterocycles. The molecular weight excluding hydrogens is 482 g/mol. The van der Waals surface area contributed by atoms with Gasteiger partial charge in [-0.15, -0.1) is 11.3 Å². The number of rotatable bonds is 6. The summed E-state index contributed by atoms with van der Waals surface area (Å²) in [5.41, 5.74) is 3.61. The van der Waals surface area contributed by atoms with E-state index in [0.717, 1.165) is 54.6 Å². The lowest BCUT2D eigenvalue weighted by Crippen LogP contribution is -2.46. The van der Waals surface area contributed by atoms with Crippen molar-refractivity contribution in [3.05, 3.63) is 74.0 Å². The Bertz CT molecular complexity index is 1420. The molecule has 0 amide bonds. The number of aryl methyl sites for hydroxylation is 2. The van der Waals surface area contributed by atoms with Crippen molar-refractivity contribution in [2.24, 2.45) is 0 Å². The molecular formula is C27H28ClN3O3S. The Morgan fingerprint density at radius 2 is 1.97 bits per heavy atom. The average molecular weight is 510 g/mol. The topological polar surface area (TPSA) is 69.8 Å². The van der Waals surface area contributed by atoms with Gasteiger partial charge in [-0.05, 0) is 43.2 Å². The number of phenolic OH excluding ortho intramolecular Hbond substituents is 1. The molecule has 1 saturated heterocycles. The molecule has 0 spiro atoms. The molecule has 2 aromatic heterocycles. The number of fused-ring (bicyclic) bond motifs is 1. The lowest BCUT2D eigenvalue weighted by Gasteiger charge is -2.36. The van der Waals surface area contributed by atoms with Crippen LogP contribution in [-0.2, 0) is 13.0 Å². The fraction of sp³-hybridized carbons (Fsp3) is 0.333. The number of phenols is 1. The molecule has 0 atom stereocenters. The fourth-order valence-electron chi connectivity index (χ4n) is 4.63. The van der Waals surface area contributed by atoms with Crippen molar-refractivity contribution in [1.82, 2.24) is 9.88 Å². The van der Waals surface area contributed by atoms with E-state index in [1.807, 2.05) is 37.4 Å². The van der Waals surface area contributed by atoms with Crippen molar-refractivity contribution in [2.75, 3.05) is 31.1 Å². The van der Waals surface area contributed by atoms with Gasteiger partial charge < -0.3 is 14.4 Å². The maximum Gasteiger partial charge on any atom is 0.203 e. The van der Waals surface area contributed by atoms with Gasteiger partial charge in [0, 0.05) is 54.0 Å². The van der Waals surface area contributed by atoms with Crippen molar-refractivity contribution in [2.45, 2.75) is 33.2 Å². The van der Waals surface area contributed by atoms with Crippen LogP contribution >= 0.6 is 22.9 Å². The number of aromatic nitrogens is 1. The lowest BCUT2D eigenvalue weighted by molar-refractivity contribution is 0.232. The highest BCUT2D eigenvalue weighted by molar-refractivity contribution is 7.13. The van der Waals surface area contributed by atoms with Crippen LogP contribution < -0.4 is 10.3 Å². The van der Waals surface area contributed by atoms with Gasteiger partial charge in [-0.25, -0.2) is 4.98 Å². The highest BCUT2D eigenvalue weighted by atomic mass is 35.5. The van der Waals surface area contributed by atoms with Crippen molar-refractivity contribution in [3.63, 3.8) is 0 Å². The first-order valence-corrected chi connectivity index (χ1v) is 13.2. The number of hydrogen-bond acceptors (Lipinski definition) is 7. The normalized spacial score (nSPS) is 14.7. The smallest absolute Gasteiger partial charge is 0.203 e. The van der Waals surface area contributed by atoms with Crippen LogP contribution in [0.2, 0.25) is 5.02 Å². The minimum absolute atomic E-state index is 0.0921. The van der Waals surface area contributed by atoms with Gasteiger partial charge in [0.15, 0.2) is 0 Å². The first-order chi connectivity index (χ1) is 16.9. The summed E-state index contributed by atoms with van der Waals surface area (Å²) in [6.07, 6.45) is 1.58. The van der Waals surface area contributed by atoms with E-state index in [-0.39, 0.29) is 11.2 Å². The molecule has 0 bridgehead atoms. The molecule has 0 aliphatic carbocycles. The van der Waals surface area contributed by atoms with Gasteiger partial charge in [-0.3, -0.25) is 9.69 Å². The zero-order chi connectivity index (χ0) is 24.5. The van der Waals surface area contributed by atoms with Crippen LogP contribution in [0.1, 0.15) is 30.4 Å². The number of thiazole rings is 1. The average Bonchev–Trinajstić information content (AvgIpc) is 3.26. The summed E-state index contributed by atoms with van der Waals surface area (Å²) in [6, 6.07) is 11.3. The Hall–Kier alpha value is -2.87. The Labute approximate surface area is 213 Å². The molecule has 35 heavy (non-hydrogen) atoms. The predicted octanol–water partition coefficient (Wildman–Crippen LogP) is 5.86. The molecule has 6 nitrogen and oxygen atoms in total. The number of piperazine rings is 1. The van der Waals surface area contributed by atoms with Crippen LogP contribution in [0.15, 0.2) is 51.0 Å². The second-order valence-electron chi connectivity index (χ2n) is 8.99. The SMILES string of the molecule is CCCc1cc2c(=O)c(-c3nc(C)cs3)c(CN3CCN(c4cccc(Cl)c4)CC3)oc2cc1O. The molecule has 4 aromatic rings. The molecule has 1 aliphatic rings. The molecule has 1 fully saturated rings. The Morgan fingerprint density at radius 1 is 1.17 bits per heavy atom. The second-order valence-corrected chi connectivity index (χ2v) is 10.3. The summed E-state index contributed by atoms with van der Waals surface area (Å²) >= 11 is 7.63. The zero-order valence-corrected chi connectivity index (χ0v) is 21.5. The lowest BCUT2D eigenvalue weighted by atomic mass is 10.0. The molecule has 0 saturated carbocycles. The molecule has 5 rings (SSSR count). The first kappa shape index (κ1) is 23.9. The molecule has 0 unspecified atom stereocenters. The first-order valence-electron chi connectivity index (χ1n) is 11.9. The van der Waals surface area contributed by atoms with Gasteiger partial charge in [0.1, 0.15) is 22.1 Å². The van der Waals surface area contributed by atoms with Crippen LogP contribution in [0, 0.1) is 6.92 Å². The van der Waals surface area contributed by atoms with Crippen molar-refractivity contribution >= 4 is 39.6 Å². The molecule has 8 heteroatoms. The van der Waals surface area contributed by atoms with Crippen molar-refractivity contribution in [3.8, 4) is 16.3 Å². The van der Waals surface area contributed by atoms with Crippen LogP contribution in [-0.4, -0.2) is 41.2 Å². The van der Waals surface area contributed by atoms with Gasteiger partial charge in [0.25, 0.3) is 0 Å². The zero-order valence-electron chi connectivity index (χ0n) is 19.9. The number of halogens is 1. The third kappa shape index (κ3) is 4.94. The highest BCUT2D eigenvalue weighted by Crippen LogP contribution is 2.32. The van der Waals surface area contributed by atoms with E-state index in [4.69, 9.17) is 16.0 Å². The minimum Gasteiger partial charge on any atom is -0.508 e. The highest BCUT2D eigenvalue weighted by Gasteiger charge is 2.24. The molecule has 3 heterocycles. The maximum atomic E-state index is 13.7. The second kappa shape index (κ2) is 10.0. The van der Waals surface area contributed by atoms with Gasteiger partial charge in [-0.2, -0.15) is 0 Å². The van der Waals surface area contributed by atoms with Gasteiger partial charge in [0.05, 0.1) is 17.5 Å². The third-order valence-corrected chi connectivity index (χ3v) is 7.64. The molecule has 0 radical (unpaired) electrons. The van der Waals surface area contributed by atoms with Crippen molar-refractivity contribution in [1.29, 1.82) is 0 Å². The Kier molecular flexibility index (Phi) is 6.82. The van der Waals surface area contributed by atoms with Gasteiger partial charge in [-0.1, -0.05) is 31.0 Å². The summed E-state index contributed by atoms with van der Waals surface area (Å²) in [6.45, 7) is 7.83. The molecule has 1 N–H and O–H groups in total. The van der Waals surface area contributed by atoms with E-state index in [1.54, 1.807) is 12.1 Å². The maximum absolute atomic E-state index is 13.7. The fourth-order valence-corrected chi connectivity index (χ4v) is 5.67. The Balaban J connectivity index is 1.48. The van der Waals surface area contributed by atoms with E-state index in [9.17, 15) is 9.90 Å². The number of anilines is 1. The number of aromatic hydroxyl groups is 1. The summed E-state index contributed by atoms with van der Waals surface area (Å²) in [7, 11) is 0. The van der Waals surface area contributed by atoms with E-state index in [0.29, 0.717) is 40.3 Å².